The number of nitrogens with zero attached hydrogens (tertiary/aromatic N) is 2. The number of benzene rings is 3. The van der Waals surface area contributed by atoms with Crippen molar-refractivity contribution >= 4 is 44.8 Å². The van der Waals surface area contributed by atoms with E-state index in [1.165, 1.54) is 29.2 Å². The molecule has 0 bridgehead atoms. The van der Waals surface area contributed by atoms with Crippen molar-refractivity contribution in [2.24, 2.45) is 0 Å². The Bertz CT molecular complexity index is 1180. The van der Waals surface area contributed by atoms with Crippen molar-refractivity contribution in [2.45, 2.75) is 11.4 Å². The summed E-state index contributed by atoms with van der Waals surface area (Å²) in [5.74, 6) is 0.261. The van der Waals surface area contributed by atoms with Crippen molar-refractivity contribution in [1.82, 2.24) is 4.31 Å². The zero-order valence-electron chi connectivity index (χ0n) is 17.5. The highest BCUT2D eigenvalue weighted by atomic mass is 35.5. The Morgan fingerprint density at radius 3 is 2.19 bits per heavy atom. The van der Waals surface area contributed by atoms with Gasteiger partial charge in [-0.1, -0.05) is 35.3 Å². The van der Waals surface area contributed by atoms with Gasteiger partial charge in [0.2, 0.25) is 15.9 Å². The molecule has 0 aliphatic rings. The molecule has 3 aromatic carbocycles. The molecule has 168 valence electrons. The highest BCUT2D eigenvalue weighted by Gasteiger charge is 2.28. The van der Waals surface area contributed by atoms with Gasteiger partial charge in [-0.25, -0.2) is 8.42 Å². The third-order valence-corrected chi connectivity index (χ3v) is 7.14. The van der Waals surface area contributed by atoms with Crippen molar-refractivity contribution in [3.05, 3.63) is 88.4 Å². The van der Waals surface area contributed by atoms with Crippen molar-refractivity contribution in [3.63, 3.8) is 0 Å². The maximum atomic E-state index is 13.4. The number of anilines is 1. The number of likely N-dealkylation sites (N-methyl/N-ethyl adjacent to an activating group) is 1. The van der Waals surface area contributed by atoms with Gasteiger partial charge in [-0.3, -0.25) is 4.79 Å². The quantitative estimate of drug-likeness (QED) is 0.450. The molecule has 9 heteroatoms. The minimum absolute atomic E-state index is 0.0201. The molecule has 0 N–H and O–H groups in total. The van der Waals surface area contributed by atoms with E-state index in [-0.39, 0.29) is 18.0 Å². The van der Waals surface area contributed by atoms with Gasteiger partial charge in [0.05, 0.1) is 18.6 Å². The lowest BCUT2D eigenvalue weighted by atomic mass is 10.2. The lowest BCUT2D eigenvalue weighted by Crippen LogP contribution is -2.41. The summed E-state index contributed by atoms with van der Waals surface area (Å²) in [5, 5.41) is 0.897. The Morgan fingerprint density at radius 1 is 0.938 bits per heavy atom. The molecule has 1 amide bonds. The Hall–Kier alpha value is -2.58. The number of rotatable bonds is 8. The van der Waals surface area contributed by atoms with Crippen LogP contribution >= 0.6 is 23.2 Å². The zero-order valence-corrected chi connectivity index (χ0v) is 19.9. The molecular formula is C23H22Cl2N2O4S. The van der Waals surface area contributed by atoms with Gasteiger partial charge >= 0.3 is 0 Å². The second-order valence-corrected chi connectivity index (χ2v) is 9.82. The predicted molar refractivity (Wildman–Crippen MR) is 127 cm³/mol. The van der Waals surface area contributed by atoms with Crippen molar-refractivity contribution in [3.8, 4) is 5.75 Å². The lowest BCUT2D eigenvalue weighted by Gasteiger charge is -2.25. The highest BCUT2D eigenvalue weighted by Crippen LogP contribution is 2.23. The van der Waals surface area contributed by atoms with Gasteiger partial charge in [0.1, 0.15) is 5.75 Å². The van der Waals surface area contributed by atoms with Crippen LogP contribution in [-0.2, 0) is 21.4 Å². The predicted octanol–water partition coefficient (Wildman–Crippen LogP) is 4.86. The van der Waals surface area contributed by atoms with E-state index in [9.17, 15) is 13.2 Å². The normalized spacial score (nSPS) is 11.4. The summed E-state index contributed by atoms with van der Waals surface area (Å²) in [6.45, 7) is -0.381. The van der Waals surface area contributed by atoms with E-state index in [1.807, 2.05) is 0 Å². The molecule has 0 spiro atoms. The van der Waals surface area contributed by atoms with Crippen LogP contribution in [0, 0.1) is 0 Å². The molecule has 0 fully saturated rings. The topological polar surface area (TPSA) is 66.9 Å². The largest absolute Gasteiger partial charge is 0.497 e. The van der Waals surface area contributed by atoms with Gasteiger partial charge in [-0.05, 0) is 66.2 Å². The second-order valence-electron chi connectivity index (χ2n) is 7.01. The van der Waals surface area contributed by atoms with E-state index >= 15 is 0 Å². The highest BCUT2D eigenvalue weighted by molar-refractivity contribution is 7.89. The average Bonchev–Trinajstić information content (AvgIpc) is 2.78. The number of hydrogen-bond acceptors (Lipinski definition) is 4. The fourth-order valence-electron chi connectivity index (χ4n) is 3.03. The fourth-order valence-corrected chi connectivity index (χ4v) is 4.74. The first-order chi connectivity index (χ1) is 15.2. The molecule has 0 unspecified atom stereocenters. The molecule has 0 aromatic heterocycles. The molecule has 0 aliphatic heterocycles. The van der Waals surface area contributed by atoms with Gasteiger partial charge in [0, 0.05) is 29.3 Å². The number of ether oxygens (including phenoxy) is 1. The van der Waals surface area contributed by atoms with E-state index in [4.69, 9.17) is 27.9 Å². The van der Waals surface area contributed by atoms with Crippen LogP contribution in [0.1, 0.15) is 5.56 Å². The standard InChI is InChI=1S/C23H22Cl2N2O4S/c1-26(20-8-10-21(31-2)11-9-20)23(28)16-27(15-17-4-3-5-19(25)14-17)32(29,30)22-12-6-18(24)7-13-22/h3-14H,15-16H2,1-2H3. The van der Waals surface area contributed by atoms with Gasteiger partial charge in [0.15, 0.2) is 0 Å². The molecule has 3 rings (SSSR count). The molecule has 0 radical (unpaired) electrons. The third kappa shape index (κ3) is 5.81. The number of carbonyl (C=O) groups excluding carboxylic acids is 1. The second kappa shape index (κ2) is 10.4. The summed E-state index contributed by atoms with van der Waals surface area (Å²) < 4.78 is 33.0. The van der Waals surface area contributed by atoms with Gasteiger partial charge < -0.3 is 9.64 Å². The van der Waals surface area contributed by atoms with Crippen LogP contribution in [0.4, 0.5) is 5.69 Å². The number of halogens is 2. The maximum absolute atomic E-state index is 13.4. The summed E-state index contributed by atoms with van der Waals surface area (Å²) in [7, 11) is -0.838. The number of carbonyl (C=O) groups is 1. The molecule has 0 atom stereocenters. The Labute approximate surface area is 198 Å². The van der Waals surface area contributed by atoms with Gasteiger partial charge in [-0.15, -0.1) is 0 Å². The van der Waals surface area contributed by atoms with E-state index in [0.29, 0.717) is 27.0 Å². The number of methoxy groups -OCH3 is 1. The van der Waals surface area contributed by atoms with Crippen molar-refractivity contribution in [2.75, 3.05) is 25.6 Å². The van der Waals surface area contributed by atoms with Gasteiger partial charge in [0.25, 0.3) is 0 Å². The zero-order chi connectivity index (χ0) is 23.3. The van der Waals surface area contributed by atoms with Crippen LogP contribution < -0.4 is 9.64 Å². The molecule has 0 saturated carbocycles. The molecular weight excluding hydrogens is 471 g/mol. The number of hydrogen-bond donors (Lipinski definition) is 0. The number of sulfonamides is 1. The first-order valence-corrected chi connectivity index (χ1v) is 11.8. The van der Waals surface area contributed by atoms with E-state index in [0.717, 1.165) is 4.31 Å². The molecule has 6 nitrogen and oxygen atoms in total. The Balaban J connectivity index is 1.90. The molecule has 3 aromatic rings. The van der Waals surface area contributed by atoms with E-state index in [1.54, 1.807) is 62.7 Å². The number of amides is 1. The minimum atomic E-state index is -3.99. The van der Waals surface area contributed by atoms with Gasteiger partial charge in [-0.2, -0.15) is 4.31 Å². The van der Waals surface area contributed by atoms with Crippen LogP contribution in [0.25, 0.3) is 0 Å². The smallest absolute Gasteiger partial charge is 0.243 e. The van der Waals surface area contributed by atoms with E-state index < -0.39 is 15.9 Å². The van der Waals surface area contributed by atoms with Crippen molar-refractivity contribution in [1.29, 1.82) is 0 Å². The van der Waals surface area contributed by atoms with Crippen LogP contribution in [-0.4, -0.2) is 39.3 Å². The molecule has 0 aliphatic carbocycles. The van der Waals surface area contributed by atoms with E-state index in [2.05, 4.69) is 0 Å². The lowest BCUT2D eigenvalue weighted by molar-refractivity contribution is -0.118. The van der Waals surface area contributed by atoms with Crippen LogP contribution in [0.3, 0.4) is 0 Å². The molecule has 0 saturated heterocycles. The molecule has 0 heterocycles. The third-order valence-electron chi connectivity index (χ3n) is 4.84. The van der Waals surface area contributed by atoms with Crippen LogP contribution in [0.5, 0.6) is 5.75 Å². The summed E-state index contributed by atoms with van der Waals surface area (Å²) >= 11 is 12.0. The van der Waals surface area contributed by atoms with Crippen LogP contribution in [0.2, 0.25) is 10.0 Å². The first kappa shape index (κ1) is 24.1. The minimum Gasteiger partial charge on any atom is -0.497 e. The van der Waals surface area contributed by atoms with Crippen LogP contribution in [0.15, 0.2) is 77.7 Å². The average molecular weight is 493 g/mol. The summed E-state index contributed by atoms with van der Waals surface area (Å²) in [4.78, 5) is 14.5. The first-order valence-electron chi connectivity index (χ1n) is 9.61. The Morgan fingerprint density at radius 2 is 1.59 bits per heavy atom. The summed E-state index contributed by atoms with van der Waals surface area (Å²) in [6.07, 6.45) is 0. The fraction of sp³-hybridized carbons (Fsp3) is 0.174. The monoisotopic (exact) mass is 492 g/mol. The SMILES string of the molecule is COc1ccc(N(C)C(=O)CN(Cc2cccc(Cl)c2)S(=O)(=O)c2ccc(Cl)cc2)cc1. The maximum Gasteiger partial charge on any atom is 0.243 e. The Kier molecular flexibility index (Phi) is 7.79. The summed E-state index contributed by atoms with van der Waals surface area (Å²) in [5.41, 5.74) is 1.28. The van der Waals surface area contributed by atoms with Crippen molar-refractivity contribution < 1.29 is 17.9 Å². The molecule has 32 heavy (non-hydrogen) atoms. The summed E-state index contributed by atoms with van der Waals surface area (Å²) in [6, 6.07) is 19.6.